The van der Waals surface area contributed by atoms with Crippen LogP contribution in [0.15, 0.2) is 0 Å². The Morgan fingerprint density at radius 2 is 2.36 bits per heavy atom. The number of amides is 1. The lowest BCUT2D eigenvalue weighted by Crippen LogP contribution is -2.43. The number of hydrogen-bond acceptors (Lipinski definition) is 2. The van der Waals surface area contributed by atoms with Crippen molar-refractivity contribution in [3.8, 4) is 0 Å². The average molecular weight is 156 g/mol. The molecule has 1 aliphatic carbocycles. The Morgan fingerprint density at radius 3 is 2.82 bits per heavy atom. The summed E-state index contributed by atoms with van der Waals surface area (Å²) in [5.41, 5.74) is 0. The van der Waals surface area contributed by atoms with E-state index in [9.17, 15) is 4.79 Å². The normalized spacial score (nSPS) is 40.9. The van der Waals surface area contributed by atoms with Crippen LogP contribution in [-0.4, -0.2) is 29.8 Å². The quantitative estimate of drug-likeness (QED) is 0.501. The van der Waals surface area contributed by atoms with Crippen LogP contribution in [0.4, 0.5) is 4.79 Å². The van der Waals surface area contributed by atoms with Crippen LogP contribution < -0.4 is 10.6 Å². The highest BCUT2D eigenvalue weighted by Crippen LogP contribution is 2.30. The Morgan fingerprint density at radius 1 is 1.55 bits per heavy atom. The molecule has 3 N–H and O–H groups in total. The highest BCUT2D eigenvalue weighted by atomic mass is 16.4. The Kier molecular flexibility index (Phi) is 1.49. The van der Waals surface area contributed by atoms with Crippen LogP contribution in [0, 0.1) is 5.92 Å². The van der Waals surface area contributed by atoms with Crippen LogP contribution in [0.1, 0.15) is 12.8 Å². The molecule has 4 heteroatoms. The second-order valence-corrected chi connectivity index (χ2v) is 3.39. The SMILES string of the molecule is O=C(O)N[C@@H]1CC2C[C@@H]1CN2. The zero-order valence-corrected chi connectivity index (χ0v) is 6.21. The Bertz CT molecular complexity index is 183. The number of piperidine rings is 1. The van der Waals surface area contributed by atoms with E-state index in [0.717, 1.165) is 19.4 Å². The van der Waals surface area contributed by atoms with Crippen molar-refractivity contribution < 1.29 is 9.90 Å². The first kappa shape index (κ1) is 6.91. The number of carbonyl (C=O) groups is 1. The summed E-state index contributed by atoms with van der Waals surface area (Å²) in [6.07, 6.45) is 1.23. The fraction of sp³-hybridized carbons (Fsp3) is 0.857. The lowest BCUT2D eigenvalue weighted by atomic mass is 10.0. The molecule has 0 aromatic rings. The summed E-state index contributed by atoms with van der Waals surface area (Å²) >= 11 is 0. The van der Waals surface area contributed by atoms with Gasteiger partial charge in [0.1, 0.15) is 0 Å². The Hall–Kier alpha value is -0.770. The van der Waals surface area contributed by atoms with Gasteiger partial charge in [-0.2, -0.15) is 0 Å². The Balaban J connectivity index is 1.92. The molecule has 2 fully saturated rings. The third-order valence-corrected chi connectivity index (χ3v) is 2.67. The van der Waals surface area contributed by atoms with E-state index in [2.05, 4.69) is 10.6 Å². The van der Waals surface area contributed by atoms with Crippen LogP contribution in [0.25, 0.3) is 0 Å². The molecule has 11 heavy (non-hydrogen) atoms. The van der Waals surface area contributed by atoms with Crippen molar-refractivity contribution in [1.29, 1.82) is 0 Å². The number of nitrogens with one attached hydrogen (secondary N) is 2. The maximum atomic E-state index is 10.3. The van der Waals surface area contributed by atoms with Crippen molar-refractivity contribution in [3.63, 3.8) is 0 Å². The van der Waals surface area contributed by atoms with Gasteiger partial charge in [-0.1, -0.05) is 0 Å². The molecule has 1 unspecified atom stereocenters. The molecule has 3 atom stereocenters. The third-order valence-electron chi connectivity index (χ3n) is 2.67. The van der Waals surface area contributed by atoms with E-state index in [0.29, 0.717) is 12.0 Å². The summed E-state index contributed by atoms with van der Waals surface area (Å²) in [4.78, 5) is 10.3. The molecule has 0 spiro atoms. The van der Waals surface area contributed by atoms with E-state index in [1.54, 1.807) is 0 Å². The molecule has 0 aromatic carbocycles. The van der Waals surface area contributed by atoms with E-state index in [1.165, 1.54) is 0 Å². The molecule has 2 bridgehead atoms. The lowest BCUT2D eigenvalue weighted by molar-refractivity contribution is 0.185. The molecular weight excluding hydrogens is 144 g/mol. The van der Waals surface area contributed by atoms with Gasteiger partial charge in [0.05, 0.1) is 0 Å². The molecule has 1 saturated carbocycles. The predicted octanol–water partition coefficient (Wildman–Crippen LogP) is 0.00440. The molecular formula is C7H12N2O2. The fourth-order valence-electron chi connectivity index (χ4n) is 2.17. The standard InChI is InChI=1S/C7H12N2O2/c10-7(11)9-6-2-5-1-4(6)3-8-5/h4-6,8-9H,1-3H2,(H,10,11)/t4-,5?,6-/m1/s1. The predicted molar refractivity (Wildman–Crippen MR) is 39.5 cm³/mol. The van der Waals surface area contributed by atoms with Gasteiger partial charge in [-0.05, 0) is 18.8 Å². The van der Waals surface area contributed by atoms with Crippen LogP contribution in [0.5, 0.6) is 0 Å². The van der Waals surface area contributed by atoms with Gasteiger partial charge in [-0.25, -0.2) is 4.79 Å². The van der Waals surface area contributed by atoms with Gasteiger partial charge in [-0.3, -0.25) is 0 Å². The van der Waals surface area contributed by atoms with Crippen molar-refractivity contribution in [2.24, 2.45) is 5.92 Å². The summed E-state index contributed by atoms with van der Waals surface area (Å²) in [7, 11) is 0. The second-order valence-electron chi connectivity index (χ2n) is 3.39. The summed E-state index contributed by atoms with van der Waals surface area (Å²) < 4.78 is 0. The first-order valence-corrected chi connectivity index (χ1v) is 3.98. The molecule has 1 aliphatic heterocycles. The summed E-state index contributed by atoms with van der Waals surface area (Å²) in [6.45, 7) is 0.982. The number of fused-ring (bicyclic) bond motifs is 2. The first-order chi connectivity index (χ1) is 5.25. The lowest BCUT2D eigenvalue weighted by Gasteiger charge is -2.21. The summed E-state index contributed by atoms with van der Waals surface area (Å²) in [6, 6.07) is 0.774. The van der Waals surface area contributed by atoms with Gasteiger partial charge in [0.2, 0.25) is 0 Å². The minimum absolute atomic E-state index is 0.207. The summed E-state index contributed by atoms with van der Waals surface area (Å²) in [5, 5.41) is 14.3. The minimum Gasteiger partial charge on any atom is -0.465 e. The first-order valence-electron chi connectivity index (χ1n) is 3.98. The molecule has 0 aromatic heterocycles. The average Bonchev–Trinajstić information content (AvgIpc) is 2.45. The molecule has 0 radical (unpaired) electrons. The van der Waals surface area contributed by atoms with Crippen LogP contribution in [-0.2, 0) is 0 Å². The molecule has 4 nitrogen and oxygen atoms in total. The van der Waals surface area contributed by atoms with E-state index in [-0.39, 0.29) is 6.04 Å². The molecule has 62 valence electrons. The van der Waals surface area contributed by atoms with Crippen LogP contribution in [0.3, 0.4) is 0 Å². The maximum absolute atomic E-state index is 10.3. The number of carboxylic acid groups (broad SMARTS) is 1. The van der Waals surface area contributed by atoms with Crippen LogP contribution in [0.2, 0.25) is 0 Å². The largest absolute Gasteiger partial charge is 0.465 e. The number of rotatable bonds is 1. The highest BCUT2D eigenvalue weighted by Gasteiger charge is 2.39. The van der Waals surface area contributed by atoms with Gasteiger partial charge >= 0.3 is 6.09 Å². The zero-order valence-electron chi connectivity index (χ0n) is 6.21. The van der Waals surface area contributed by atoms with E-state index in [4.69, 9.17) is 5.11 Å². The van der Waals surface area contributed by atoms with Gasteiger partial charge in [0, 0.05) is 18.6 Å². The topological polar surface area (TPSA) is 61.4 Å². The zero-order chi connectivity index (χ0) is 7.84. The highest BCUT2D eigenvalue weighted by molar-refractivity contribution is 5.65. The van der Waals surface area contributed by atoms with Crippen LogP contribution >= 0.6 is 0 Å². The number of hydrogen-bond donors (Lipinski definition) is 3. The minimum atomic E-state index is -0.887. The monoisotopic (exact) mass is 156 g/mol. The molecule has 1 saturated heterocycles. The fourth-order valence-corrected chi connectivity index (χ4v) is 2.17. The second kappa shape index (κ2) is 2.37. The van der Waals surface area contributed by atoms with Crippen molar-refractivity contribution in [2.45, 2.75) is 24.9 Å². The van der Waals surface area contributed by atoms with E-state index < -0.39 is 6.09 Å². The van der Waals surface area contributed by atoms with Gasteiger partial charge in [0.15, 0.2) is 0 Å². The van der Waals surface area contributed by atoms with Gasteiger partial charge in [-0.15, -0.1) is 0 Å². The van der Waals surface area contributed by atoms with Gasteiger partial charge in [0.25, 0.3) is 0 Å². The van der Waals surface area contributed by atoms with E-state index in [1.807, 2.05) is 0 Å². The summed E-state index contributed by atoms with van der Waals surface area (Å²) in [5.74, 6) is 0.538. The molecule has 2 aliphatic rings. The maximum Gasteiger partial charge on any atom is 0.404 e. The third kappa shape index (κ3) is 1.18. The van der Waals surface area contributed by atoms with E-state index >= 15 is 0 Å². The van der Waals surface area contributed by atoms with Crippen molar-refractivity contribution >= 4 is 6.09 Å². The van der Waals surface area contributed by atoms with Gasteiger partial charge < -0.3 is 15.7 Å². The van der Waals surface area contributed by atoms with Crippen molar-refractivity contribution in [2.75, 3.05) is 6.54 Å². The smallest absolute Gasteiger partial charge is 0.404 e. The molecule has 2 rings (SSSR count). The Labute approximate surface area is 65.0 Å². The molecule has 1 amide bonds. The van der Waals surface area contributed by atoms with Crippen molar-refractivity contribution in [3.05, 3.63) is 0 Å². The van der Waals surface area contributed by atoms with Crippen molar-refractivity contribution in [1.82, 2.24) is 10.6 Å². The molecule has 1 heterocycles.